The average molecular weight is 303 g/mol. The second kappa shape index (κ2) is 6.27. The Kier molecular flexibility index (Phi) is 4.20. The molecule has 6 nitrogen and oxygen atoms in total. The molecule has 1 aliphatic rings. The number of benzene rings is 1. The van der Waals surface area contributed by atoms with Crippen LogP contribution in [0.4, 0.5) is 0 Å². The number of rotatable bonds is 3. The van der Waals surface area contributed by atoms with Crippen LogP contribution in [0.5, 0.6) is 5.75 Å². The monoisotopic (exact) mass is 303 g/mol. The van der Waals surface area contributed by atoms with Crippen LogP contribution in [-0.4, -0.2) is 43.8 Å². The quantitative estimate of drug-likeness (QED) is 0.693. The largest absolute Gasteiger partial charge is 0.492 e. The summed E-state index contributed by atoms with van der Waals surface area (Å²) in [5.74, 6) is 1.92. The molecule has 0 amide bonds. The maximum absolute atomic E-state index is 6.08. The number of methoxy groups -OCH3 is 1. The molecule has 1 unspecified atom stereocenters. The minimum Gasteiger partial charge on any atom is -0.492 e. The van der Waals surface area contributed by atoms with Crippen molar-refractivity contribution in [3.05, 3.63) is 30.0 Å². The van der Waals surface area contributed by atoms with Crippen molar-refractivity contribution in [1.82, 2.24) is 4.90 Å². The molecule has 1 fully saturated rings. The van der Waals surface area contributed by atoms with E-state index in [-0.39, 0.29) is 6.10 Å². The first-order chi connectivity index (χ1) is 10.7. The van der Waals surface area contributed by atoms with Gasteiger partial charge in [-0.25, -0.2) is 4.99 Å². The SMILES string of the molecule is COc1c(CN=C(N)N2CCOC(C)C2)oc2ccccc12. The third kappa shape index (κ3) is 2.87. The number of hydrogen-bond donors (Lipinski definition) is 1. The summed E-state index contributed by atoms with van der Waals surface area (Å²) in [5, 5.41) is 0.953. The third-order valence-corrected chi connectivity index (χ3v) is 3.77. The summed E-state index contributed by atoms with van der Waals surface area (Å²) in [6.45, 7) is 4.58. The van der Waals surface area contributed by atoms with E-state index in [9.17, 15) is 0 Å². The van der Waals surface area contributed by atoms with Crippen LogP contribution < -0.4 is 10.5 Å². The zero-order valence-corrected chi connectivity index (χ0v) is 12.9. The van der Waals surface area contributed by atoms with E-state index in [4.69, 9.17) is 19.6 Å². The Morgan fingerprint density at radius 2 is 2.27 bits per heavy atom. The Morgan fingerprint density at radius 3 is 3.05 bits per heavy atom. The van der Waals surface area contributed by atoms with E-state index in [2.05, 4.69) is 4.99 Å². The molecule has 0 radical (unpaired) electrons. The number of ether oxygens (including phenoxy) is 2. The van der Waals surface area contributed by atoms with E-state index in [0.29, 0.717) is 24.9 Å². The number of morpholine rings is 1. The van der Waals surface area contributed by atoms with Gasteiger partial charge in [0.1, 0.15) is 12.1 Å². The van der Waals surface area contributed by atoms with Gasteiger partial charge in [0, 0.05) is 13.1 Å². The number of aliphatic imine (C=N–C) groups is 1. The fourth-order valence-corrected chi connectivity index (χ4v) is 2.68. The van der Waals surface area contributed by atoms with Crippen molar-refractivity contribution in [1.29, 1.82) is 0 Å². The minimum atomic E-state index is 0.170. The second-order valence-electron chi connectivity index (χ2n) is 5.36. The third-order valence-electron chi connectivity index (χ3n) is 3.77. The molecule has 6 heteroatoms. The van der Waals surface area contributed by atoms with Gasteiger partial charge in [0.25, 0.3) is 0 Å². The first kappa shape index (κ1) is 14.7. The highest BCUT2D eigenvalue weighted by molar-refractivity contribution is 5.85. The highest BCUT2D eigenvalue weighted by Crippen LogP contribution is 2.33. The standard InChI is InChI=1S/C16H21N3O3/c1-11-10-19(7-8-21-11)16(17)18-9-14-15(20-2)12-5-3-4-6-13(12)22-14/h3-6,11H,7-10H2,1-2H3,(H2,17,18). The van der Waals surface area contributed by atoms with Crippen LogP contribution in [0.1, 0.15) is 12.7 Å². The molecule has 1 atom stereocenters. The molecular weight excluding hydrogens is 282 g/mol. The van der Waals surface area contributed by atoms with Crippen molar-refractivity contribution in [3.8, 4) is 5.75 Å². The van der Waals surface area contributed by atoms with Gasteiger partial charge in [0.2, 0.25) is 0 Å². The van der Waals surface area contributed by atoms with Crippen LogP contribution >= 0.6 is 0 Å². The fraction of sp³-hybridized carbons (Fsp3) is 0.438. The van der Waals surface area contributed by atoms with Gasteiger partial charge < -0.3 is 24.5 Å². The summed E-state index contributed by atoms with van der Waals surface area (Å²) in [6.07, 6.45) is 0.170. The van der Waals surface area contributed by atoms with Crippen molar-refractivity contribution >= 4 is 16.9 Å². The molecular formula is C16H21N3O3. The highest BCUT2D eigenvalue weighted by Gasteiger charge is 2.19. The van der Waals surface area contributed by atoms with Gasteiger partial charge in [-0.15, -0.1) is 0 Å². The number of nitrogens with zero attached hydrogens (tertiary/aromatic N) is 2. The van der Waals surface area contributed by atoms with Gasteiger partial charge in [0.15, 0.2) is 17.5 Å². The molecule has 1 aromatic heterocycles. The van der Waals surface area contributed by atoms with Crippen molar-refractivity contribution in [2.45, 2.75) is 19.6 Å². The molecule has 2 heterocycles. The fourth-order valence-electron chi connectivity index (χ4n) is 2.68. The first-order valence-corrected chi connectivity index (χ1v) is 7.40. The number of fused-ring (bicyclic) bond motifs is 1. The molecule has 0 spiro atoms. The highest BCUT2D eigenvalue weighted by atomic mass is 16.5. The lowest BCUT2D eigenvalue weighted by Crippen LogP contribution is -2.47. The molecule has 0 aliphatic carbocycles. The molecule has 118 valence electrons. The van der Waals surface area contributed by atoms with Crippen LogP contribution in [0.15, 0.2) is 33.7 Å². The summed E-state index contributed by atoms with van der Waals surface area (Å²) < 4.78 is 16.8. The average Bonchev–Trinajstić information content (AvgIpc) is 2.90. The van der Waals surface area contributed by atoms with Crippen molar-refractivity contribution in [2.24, 2.45) is 10.7 Å². The predicted molar refractivity (Wildman–Crippen MR) is 85.1 cm³/mol. The maximum atomic E-state index is 6.08. The van der Waals surface area contributed by atoms with Gasteiger partial charge in [-0.2, -0.15) is 0 Å². The molecule has 1 saturated heterocycles. The predicted octanol–water partition coefficient (Wildman–Crippen LogP) is 1.98. The lowest BCUT2D eigenvalue weighted by Gasteiger charge is -2.31. The van der Waals surface area contributed by atoms with E-state index in [1.54, 1.807) is 7.11 Å². The summed E-state index contributed by atoms with van der Waals surface area (Å²) in [7, 11) is 1.64. The smallest absolute Gasteiger partial charge is 0.191 e. The number of guanidine groups is 1. The number of hydrogen-bond acceptors (Lipinski definition) is 4. The topological polar surface area (TPSA) is 73.2 Å². The summed E-state index contributed by atoms with van der Waals surface area (Å²) in [4.78, 5) is 6.48. The summed E-state index contributed by atoms with van der Waals surface area (Å²) in [5.41, 5.74) is 6.88. The molecule has 2 aromatic rings. The van der Waals surface area contributed by atoms with E-state index >= 15 is 0 Å². The Hall–Kier alpha value is -2.21. The van der Waals surface area contributed by atoms with E-state index in [1.807, 2.05) is 36.1 Å². The number of furan rings is 1. The van der Waals surface area contributed by atoms with Gasteiger partial charge in [-0.1, -0.05) is 12.1 Å². The van der Waals surface area contributed by atoms with Crippen molar-refractivity contribution in [2.75, 3.05) is 26.8 Å². The Balaban J connectivity index is 1.79. The van der Waals surface area contributed by atoms with Gasteiger partial charge >= 0.3 is 0 Å². The molecule has 0 bridgehead atoms. The molecule has 22 heavy (non-hydrogen) atoms. The van der Waals surface area contributed by atoms with Gasteiger partial charge in [-0.05, 0) is 19.1 Å². The van der Waals surface area contributed by atoms with Gasteiger partial charge in [0.05, 0.1) is 25.2 Å². The molecule has 1 aromatic carbocycles. The van der Waals surface area contributed by atoms with Crippen molar-refractivity contribution < 1.29 is 13.9 Å². The zero-order valence-electron chi connectivity index (χ0n) is 12.9. The number of para-hydroxylation sites is 1. The minimum absolute atomic E-state index is 0.170. The van der Waals surface area contributed by atoms with E-state index in [1.165, 1.54) is 0 Å². The van der Waals surface area contributed by atoms with Crippen LogP contribution in [0, 0.1) is 0 Å². The van der Waals surface area contributed by atoms with Crippen LogP contribution in [-0.2, 0) is 11.3 Å². The first-order valence-electron chi connectivity index (χ1n) is 7.40. The molecule has 1 aliphatic heterocycles. The Labute approximate surface area is 129 Å². The second-order valence-corrected chi connectivity index (χ2v) is 5.36. The van der Waals surface area contributed by atoms with E-state index < -0.39 is 0 Å². The summed E-state index contributed by atoms with van der Waals surface area (Å²) >= 11 is 0. The molecule has 2 N–H and O–H groups in total. The lowest BCUT2D eigenvalue weighted by atomic mass is 10.2. The normalized spacial score (nSPS) is 19.6. The van der Waals surface area contributed by atoms with Crippen LogP contribution in [0.3, 0.4) is 0 Å². The Bertz CT molecular complexity index is 680. The number of nitrogens with two attached hydrogens (primary N) is 1. The Morgan fingerprint density at radius 1 is 1.45 bits per heavy atom. The van der Waals surface area contributed by atoms with Crippen molar-refractivity contribution in [3.63, 3.8) is 0 Å². The zero-order chi connectivity index (χ0) is 15.5. The van der Waals surface area contributed by atoms with Crippen LogP contribution in [0.2, 0.25) is 0 Å². The maximum Gasteiger partial charge on any atom is 0.191 e. The van der Waals surface area contributed by atoms with Gasteiger partial charge in [-0.3, -0.25) is 0 Å². The lowest BCUT2D eigenvalue weighted by molar-refractivity contribution is 0.00528. The summed E-state index contributed by atoms with van der Waals surface area (Å²) in [6, 6.07) is 7.77. The molecule has 0 saturated carbocycles. The molecule has 3 rings (SSSR count). The van der Waals surface area contributed by atoms with E-state index in [0.717, 1.165) is 29.8 Å². The van der Waals surface area contributed by atoms with Crippen LogP contribution in [0.25, 0.3) is 11.0 Å².